The van der Waals surface area contributed by atoms with Gasteiger partial charge < -0.3 is 10.2 Å². The van der Waals surface area contributed by atoms with Crippen LogP contribution < -0.4 is 0 Å². The summed E-state index contributed by atoms with van der Waals surface area (Å²) in [6.07, 6.45) is 1.08. The molecule has 0 bridgehead atoms. The van der Waals surface area contributed by atoms with E-state index in [0.29, 0.717) is 6.42 Å². The van der Waals surface area contributed by atoms with E-state index in [9.17, 15) is 19.8 Å². The highest BCUT2D eigenvalue weighted by Crippen LogP contribution is 2.59. The lowest BCUT2D eigenvalue weighted by Gasteiger charge is -2.42. The molecule has 0 spiro atoms. The van der Waals surface area contributed by atoms with Crippen molar-refractivity contribution in [2.45, 2.75) is 51.7 Å². The molecule has 0 heterocycles. The Morgan fingerprint density at radius 2 is 1.89 bits per heavy atom. The van der Waals surface area contributed by atoms with Gasteiger partial charge in [-0.15, -0.1) is 0 Å². The summed E-state index contributed by atoms with van der Waals surface area (Å²) in [6.45, 7) is 4.07. The lowest BCUT2D eigenvalue weighted by atomic mass is 9.63. The molecule has 4 heteroatoms. The van der Waals surface area contributed by atoms with Gasteiger partial charge in [-0.2, -0.15) is 0 Å². The summed E-state index contributed by atoms with van der Waals surface area (Å²) in [4.78, 5) is 23.8. The van der Waals surface area contributed by atoms with Crippen molar-refractivity contribution in [3.63, 3.8) is 0 Å². The van der Waals surface area contributed by atoms with Gasteiger partial charge in [-0.1, -0.05) is 13.8 Å². The van der Waals surface area contributed by atoms with Crippen LogP contribution in [0.1, 0.15) is 39.5 Å². The fraction of sp³-hybridized carbons (Fsp3) is 0.867. The van der Waals surface area contributed by atoms with Crippen LogP contribution in [0.3, 0.4) is 0 Å². The fourth-order valence-corrected chi connectivity index (χ4v) is 5.19. The average Bonchev–Trinajstić information content (AvgIpc) is 2.70. The molecule has 3 aliphatic rings. The number of aliphatic hydroxyl groups excluding tert-OH is 2. The minimum atomic E-state index is -0.612. The molecule has 0 saturated heterocycles. The van der Waals surface area contributed by atoms with Gasteiger partial charge in [0.15, 0.2) is 5.78 Å². The molecule has 3 fully saturated rings. The molecular formula is C15H22O4. The summed E-state index contributed by atoms with van der Waals surface area (Å²) < 4.78 is 0. The Morgan fingerprint density at radius 3 is 2.58 bits per heavy atom. The van der Waals surface area contributed by atoms with Gasteiger partial charge >= 0.3 is 0 Å². The van der Waals surface area contributed by atoms with Gasteiger partial charge in [0, 0.05) is 24.2 Å². The molecule has 7 atom stereocenters. The van der Waals surface area contributed by atoms with Crippen LogP contribution in [-0.2, 0) is 9.59 Å². The van der Waals surface area contributed by atoms with Crippen molar-refractivity contribution < 1.29 is 19.8 Å². The second-order valence-corrected chi connectivity index (χ2v) is 6.97. The number of hydrogen-bond acceptors (Lipinski definition) is 4. The summed E-state index contributed by atoms with van der Waals surface area (Å²) in [5, 5.41) is 20.7. The quantitative estimate of drug-likeness (QED) is 0.640. The molecule has 0 aliphatic heterocycles. The van der Waals surface area contributed by atoms with Crippen LogP contribution in [0, 0.1) is 29.1 Å². The lowest BCUT2D eigenvalue weighted by Crippen LogP contribution is -2.43. The molecule has 2 N–H and O–H groups in total. The van der Waals surface area contributed by atoms with E-state index in [1.54, 1.807) is 0 Å². The third-order valence-electron chi connectivity index (χ3n) is 6.16. The zero-order valence-corrected chi connectivity index (χ0v) is 11.5. The zero-order chi connectivity index (χ0) is 13.9. The Balaban J connectivity index is 2.07. The maximum absolute atomic E-state index is 12.0. The summed E-state index contributed by atoms with van der Waals surface area (Å²) in [6, 6.07) is 0. The molecule has 0 aromatic heterocycles. The first-order valence-corrected chi connectivity index (χ1v) is 7.30. The van der Waals surface area contributed by atoms with Crippen molar-refractivity contribution in [3.8, 4) is 0 Å². The highest BCUT2D eigenvalue weighted by molar-refractivity contribution is 6.40. The van der Waals surface area contributed by atoms with Crippen molar-refractivity contribution in [3.05, 3.63) is 0 Å². The molecule has 0 aromatic carbocycles. The van der Waals surface area contributed by atoms with Gasteiger partial charge in [0.05, 0.1) is 12.2 Å². The third-order valence-corrected chi connectivity index (χ3v) is 6.16. The minimum Gasteiger partial charge on any atom is -0.393 e. The van der Waals surface area contributed by atoms with Crippen molar-refractivity contribution in [2.24, 2.45) is 29.1 Å². The summed E-state index contributed by atoms with van der Waals surface area (Å²) in [5.41, 5.74) is -0.498. The van der Waals surface area contributed by atoms with Crippen molar-refractivity contribution >= 4 is 11.6 Å². The van der Waals surface area contributed by atoms with E-state index in [1.165, 1.54) is 0 Å². The zero-order valence-electron chi connectivity index (χ0n) is 11.5. The SMILES string of the molecule is CC1CCC2C(=O)C(=O)CC2C2(C)C(O)CC(O)C12. The lowest BCUT2D eigenvalue weighted by molar-refractivity contribution is -0.135. The molecule has 0 aromatic rings. The van der Waals surface area contributed by atoms with Crippen molar-refractivity contribution in [1.29, 1.82) is 0 Å². The van der Waals surface area contributed by atoms with Crippen molar-refractivity contribution in [1.82, 2.24) is 0 Å². The molecule has 0 radical (unpaired) electrons. The molecule has 106 valence electrons. The van der Waals surface area contributed by atoms with E-state index in [2.05, 4.69) is 6.92 Å². The van der Waals surface area contributed by atoms with Crippen LogP contribution in [0.2, 0.25) is 0 Å². The number of carbonyl (C=O) groups excluding carboxylic acids is 2. The van der Waals surface area contributed by atoms with Gasteiger partial charge in [-0.05, 0) is 30.6 Å². The monoisotopic (exact) mass is 266 g/mol. The summed E-state index contributed by atoms with van der Waals surface area (Å²) >= 11 is 0. The molecule has 4 nitrogen and oxygen atoms in total. The maximum Gasteiger partial charge on any atom is 0.201 e. The first-order valence-electron chi connectivity index (χ1n) is 7.30. The third kappa shape index (κ3) is 1.59. The first-order chi connectivity index (χ1) is 8.87. The standard InChI is InChI=1S/C15H22O4/c1-7-3-4-8-9(5-11(17)14(8)19)15(2)12(18)6-10(16)13(7)15/h7-10,12-13,16,18H,3-6H2,1-2H3. The topological polar surface area (TPSA) is 74.6 Å². The molecule has 19 heavy (non-hydrogen) atoms. The van der Waals surface area contributed by atoms with E-state index in [4.69, 9.17) is 0 Å². The van der Waals surface area contributed by atoms with Gasteiger partial charge in [-0.3, -0.25) is 9.59 Å². The number of Topliss-reactive ketones (excluding diaryl/α,β-unsaturated/α-hetero) is 2. The van der Waals surface area contributed by atoms with Crippen LogP contribution >= 0.6 is 0 Å². The van der Waals surface area contributed by atoms with Crippen LogP contribution in [0.5, 0.6) is 0 Å². The van der Waals surface area contributed by atoms with Crippen molar-refractivity contribution in [2.75, 3.05) is 0 Å². The molecule has 0 amide bonds. The molecule has 3 saturated carbocycles. The Kier molecular flexibility index (Phi) is 2.88. The minimum absolute atomic E-state index is 0.00352. The first kappa shape index (κ1) is 13.3. The van der Waals surface area contributed by atoms with Crippen LogP contribution in [0.4, 0.5) is 0 Å². The number of rotatable bonds is 0. The predicted octanol–water partition coefficient (Wildman–Crippen LogP) is 0.939. The number of carbonyl (C=O) groups is 2. The van der Waals surface area contributed by atoms with Gasteiger partial charge in [0.1, 0.15) is 0 Å². The highest BCUT2D eigenvalue weighted by Gasteiger charge is 2.62. The smallest absolute Gasteiger partial charge is 0.201 e. The number of hydrogen-bond donors (Lipinski definition) is 2. The Hall–Kier alpha value is -0.740. The van der Waals surface area contributed by atoms with Gasteiger partial charge in [0.2, 0.25) is 5.78 Å². The van der Waals surface area contributed by atoms with Gasteiger partial charge in [0.25, 0.3) is 0 Å². The van der Waals surface area contributed by atoms with E-state index in [1.807, 2.05) is 6.92 Å². The second kappa shape index (κ2) is 4.13. The summed E-state index contributed by atoms with van der Waals surface area (Å²) in [7, 11) is 0. The van der Waals surface area contributed by atoms with Crippen LogP contribution in [0.25, 0.3) is 0 Å². The average molecular weight is 266 g/mol. The molecular weight excluding hydrogens is 244 g/mol. The molecule has 7 unspecified atom stereocenters. The van der Waals surface area contributed by atoms with Gasteiger partial charge in [-0.25, -0.2) is 0 Å². The Morgan fingerprint density at radius 1 is 1.21 bits per heavy atom. The fourth-order valence-electron chi connectivity index (χ4n) is 5.19. The van der Waals surface area contributed by atoms with E-state index >= 15 is 0 Å². The van der Waals surface area contributed by atoms with Crippen LogP contribution in [-0.4, -0.2) is 34.0 Å². The Bertz CT molecular complexity index is 432. The molecule has 3 aliphatic carbocycles. The van der Waals surface area contributed by atoms with E-state index in [-0.39, 0.29) is 41.7 Å². The van der Waals surface area contributed by atoms with E-state index in [0.717, 1.165) is 12.8 Å². The number of aliphatic hydroxyl groups is 2. The van der Waals surface area contributed by atoms with Crippen LogP contribution in [0.15, 0.2) is 0 Å². The second-order valence-electron chi connectivity index (χ2n) is 6.97. The predicted molar refractivity (Wildman–Crippen MR) is 68.2 cm³/mol. The summed E-state index contributed by atoms with van der Waals surface area (Å²) in [5.74, 6) is -0.563. The molecule has 3 rings (SSSR count). The number of fused-ring (bicyclic) bond motifs is 3. The Labute approximate surface area is 113 Å². The normalized spacial score (nSPS) is 53.9. The highest BCUT2D eigenvalue weighted by atomic mass is 16.3. The number of ketones is 2. The largest absolute Gasteiger partial charge is 0.393 e. The maximum atomic E-state index is 12.0. The van der Waals surface area contributed by atoms with E-state index < -0.39 is 17.6 Å².